The third kappa shape index (κ3) is 3.78. The highest BCUT2D eigenvalue weighted by Crippen LogP contribution is 2.21. The lowest BCUT2D eigenvalue weighted by atomic mass is 10.0. The van der Waals surface area contributed by atoms with E-state index in [0.29, 0.717) is 12.1 Å². The van der Waals surface area contributed by atoms with Gasteiger partial charge in [0.15, 0.2) is 0 Å². The van der Waals surface area contributed by atoms with Gasteiger partial charge in [-0.05, 0) is 57.1 Å². The molecule has 1 heterocycles. The minimum atomic E-state index is -0.145. The quantitative estimate of drug-likeness (QED) is 0.866. The number of nitrogens with zero attached hydrogens (tertiary/aromatic N) is 2. The molecule has 0 radical (unpaired) electrons. The molecule has 1 fully saturated rings. The number of nitrogens with two attached hydrogens (primary N) is 1. The molecule has 1 aromatic rings. The summed E-state index contributed by atoms with van der Waals surface area (Å²) in [6, 6.07) is 5.54. The van der Waals surface area contributed by atoms with E-state index < -0.39 is 0 Å². The van der Waals surface area contributed by atoms with Crippen molar-refractivity contribution in [2.75, 3.05) is 39.8 Å². The van der Waals surface area contributed by atoms with Crippen molar-refractivity contribution >= 4 is 0 Å². The van der Waals surface area contributed by atoms with Crippen molar-refractivity contribution < 1.29 is 4.39 Å². The van der Waals surface area contributed by atoms with Gasteiger partial charge in [0.25, 0.3) is 0 Å². The second kappa shape index (κ2) is 7.16. The van der Waals surface area contributed by atoms with Gasteiger partial charge < -0.3 is 10.6 Å². The topological polar surface area (TPSA) is 32.5 Å². The largest absolute Gasteiger partial charge is 0.329 e. The molecule has 0 amide bonds. The molecule has 0 saturated carbocycles. The van der Waals surface area contributed by atoms with Gasteiger partial charge in [-0.3, -0.25) is 4.90 Å². The predicted octanol–water partition coefficient (Wildman–Crippen LogP) is 2.16. The van der Waals surface area contributed by atoms with Crippen LogP contribution < -0.4 is 5.73 Å². The summed E-state index contributed by atoms with van der Waals surface area (Å²) in [6.45, 7) is 6.76. The fourth-order valence-corrected chi connectivity index (χ4v) is 2.85. The zero-order valence-corrected chi connectivity index (χ0v) is 12.6. The Kier molecular flexibility index (Phi) is 5.52. The zero-order chi connectivity index (χ0) is 14.5. The summed E-state index contributed by atoms with van der Waals surface area (Å²) in [7, 11) is 2.07. The first-order valence-electron chi connectivity index (χ1n) is 7.50. The third-order valence-electron chi connectivity index (χ3n) is 4.30. The molecule has 1 aliphatic rings. The molecule has 1 saturated heterocycles. The van der Waals surface area contributed by atoms with Crippen LogP contribution in [-0.4, -0.2) is 49.6 Å². The van der Waals surface area contributed by atoms with Crippen LogP contribution in [0.1, 0.15) is 30.0 Å². The number of rotatable bonds is 6. The summed E-state index contributed by atoms with van der Waals surface area (Å²) >= 11 is 0. The molecule has 2 N–H and O–H groups in total. The van der Waals surface area contributed by atoms with Crippen molar-refractivity contribution in [2.24, 2.45) is 5.73 Å². The SMILES string of the molecule is Cc1ccc(C(CN)N(C)CCN2CCCC2)cc1F. The summed E-state index contributed by atoms with van der Waals surface area (Å²) in [5.74, 6) is -0.145. The van der Waals surface area contributed by atoms with Crippen LogP contribution in [0.15, 0.2) is 18.2 Å². The van der Waals surface area contributed by atoms with E-state index in [1.807, 2.05) is 12.1 Å². The lowest BCUT2D eigenvalue weighted by Gasteiger charge is -2.29. The Morgan fingerprint density at radius 3 is 2.65 bits per heavy atom. The van der Waals surface area contributed by atoms with Crippen LogP contribution in [0.2, 0.25) is 0 Å². The van der Waals surface area contributed by atoms with Crippen LogP contribution in [0.25, 0.3) is 0 Å². The molecule has 4 heteroatoms. The summed E-state index contributed by atoms with van der Waals surface area (Å²) in [5.41, 5.74) is 7.56. The third-order valence-corrected chi connectivity index (χ3v) is 4.30. The van der Waals surface area contributed by atoms with Gasteiger partial charge >= 0.3 is 0 Å². The summed E-state index contributed by atoms with van der Waals surface area (Å²) in [6.07, 6.45) is 2.63. The number of benzene rings is 1. The normalized spacial score (nSPS) is 17.9. The molecular formula is C16H26FN3. The van der Waals surface area contributed by atoms with E-state index in [2.05, 4.69) is 16.8 Å². The number of hydrogen-bond acceptors (Lipinski definition) is 3. The maximum Gasteiger partial charge on any atom is 0.126 e. The maximum atomic E-state index is 13.7. The van der Waals surface area contributed by atoms with Crippen LogP contribution in [0.4, 0.5) is 4.39 Å². The first-order chi connectivity index (χ1) is 9.61. The first kappa shape index (κ1) is 15.4. The minimum absolute atomic E-state index is 0.0905. The fraction of sp³-hybridized carbons (Fsp3) is 0.625. The maximum absolute atomic E-state index is 13.7. The Hall–Kier alpha value is -0.970. The van der Waals surface area contributed by atoms with E-state index in [1.165, 1.54) is 25.9 Å². The van der Waals surface area contributed by atoms with Gasteiger partial charge in [0, 0.05) is 25.7 Å². The number of aryl methyl sites for hydroxylation is 1. The lowest BCUT2D eigenvalue weighted by molar-refractivity contribution is 0.209. The van der Waals surface area contributed by atoms with Gasteiger partial charge in [-0.2, -0.15) is 0 Å². The van der Waals surface area contributed by atoms with Crippen LogP contribution in [0.3, 0.4) is 0 Å². The molecule has 1 aromatic carbocycles. The number of likely N-dealkylation sites (tertiary alicyclic amines) is 1. The lowest BCUT2D eigenvalue weighted by Crippen LogP contribution is -2.36. The minimum Gasteiger partial charge on any atom is -0.329 e. The van der Waals surface area contributed by atoms with Crippen LogP contribution >= 0.6 is 0 Å². The Balaban J connectivity index is 1.96. The highest BCUT2D eigenvalue weighted by Gasteiger charge is 2.18. The van der Waals surface area contributed by atoms with Crippen molar-refractivity contribution in [3.8, 4) is 0 Å². The molecule has 0 aliphatic carbocycles. The van der Waals surface area contributed by atoms with E-state index in [-0.39, 0.29) is 11.9 Å². The fourth-order valence-electron chi connectivity index (χ4n) is 2.85. The Morgan fingerprint density at radius 2 is 2.05 bits per heavy atom. The second-order valence-corrected chi connectivity index (χ2v) is 5.79. The molecule has 2 rings (SSSR count). The molecular weight excluding hydrogens is 253 g/mol. The molecule has 112 valence electrons. The van der Waals surface area contributed by atoms with Crippen LogP contribution in [-0.2, 0) is 0 Å². The molecule has 20 heavy (non-hydrogen) atoms. The summed E-state index contributed by atoms with van der Waals surface area (Å²) in [4.78, 5) is 4.72. The number of halogens is 1. The van der Waals surface area contributed by atoms with Crippen molar-refractivity contribution in [2.45, 2.75) is 25.8 Å². The van der Waals surface area contributed by atoms with Gasteiger partial charge in [-0.15, -0.1) is 0 Å². The zero-order valence-electron chi connectivity index (χ0n) is 12.6. The Labute approximate surface area is 121 Å². The predicted molar refractivity (Wildman–Crippen MR) is 81.2 cm³/mol. The number of likely N-dealkylation sites (N-methyl/N-ethyl adjacent to an activating group) is 1. The van der Waals surface area contributed by atoms with Crippen molar-refractivity contribution in [1.29, 1.82) is 0 Å². The smallest absolute Gasteiger partial charge is 0.126 e. The monoisotopic (exact) mass is 279 g/mol. The van der Waals surface area contributed by atoms with Crippen LogP contribution in [0, 0.1) is 12.7 Å². The highest BCUT2D eigenvalue weighted by atomic mass is 19.1. The van der Waals surface area contributed by atoms with Gasteiger partial charge in [0.1, 0.15) is 5.82 Å². The highest BCUT2D eigenvalue weighted by molar-refractivity contribution is 5.26. The Bertz CT molecular complexity index is 430. The molecule has 0 spiro atoms. The van der Waals surface area contributed by atoms with Gasteiger partial charge in [0.05, 0.1) is 0 Å². The average Bonchev–Trinajstić information content (AvgIpc) is 2.94. The van der Waals surface area contributed by atoms with Gasteiger partial charge in [0.2, 0.25) is 0 Å². The van der Waals surface area contributed by atoms with Gasteiger partial charge in [-0.1, -0.05) is 12.1 Å². The standard InChI is InChI=1S/C16H26FN3/c1-13-5-6-14(11-15(13)17)16(12-18)19(2)9-10-20-7-3-4-8-20/h5-6,11,16H,3-4,7-10,12,18H2,1-2H3. The van der Waals surface area contributed by atoms with E-state index >= 15 is 0 Å². The molecule has 1 atom stereocenters. The van der Waals surface area contributed by atoms with Gasteiger partial charge in [-0.25, -0.2) is 4.39 Å². The second-order valence-electron chi connectivity index (χ2n) is 5.79. The van der Waals surface area contributed by atoms with E-state index in [9.17, 15) is 4.39 Å². The van der Waals surface area contributed by atoms with E-state index in [4.69, 9.17) is 5.73 Å². The molecule has 1 unspecified atom stereocenters. The van der Waals surface area contributed by atoms with Crippen molar-refractivity contribution in [1.82, 2.24) is 9.80 Å². The summed E-state index contributed by atoms with van der Waals surface area (Å²) < 4.78 is 13.7. The molecule has 3 nitrogen and oxygen atoms in total. The van der Waals surface area contributed by atoms with E-state index in [0.717, 1.165) is 18.7 Å². The molecule has 0 aromatic heterocycles. The molecule has 1 aliphatic heterocycles. The average molecular weight is 279 g/mol. The van der Waals surface area contributed by atoms with Crippen molar-refractivity contribution in [3.05, 3.63) is 35.1 Å². The van der Waals surface area contributed by atoms with Crippen LogP contribution in [0.5, 0.6) is 0 Å². The summed E-state index contributed by atoms with van der Waals surface area (Å²) in [5, 5.41) is 0. The van der Waals surface area contributed by atoms with E-state index in [1.54, 1.807) is 13.0 Å². The first-order valence-corrected chi connectivity index (χ1v) is 7.50. The molecule has 0 bridgehead atoms. The Morgan fingerprint density at radius 1 is 1.35 bits per heavy atom. The van der Waals surface area contributed by atoms with Crippen molar-refractivity contribution in [3.63, 3.8) is 0 Å². The number of hydrogen-bond donors (Lipinski definition) is 1.